The molecular weight excluding hydrogens is 144 g/mol. The molecule has 1 atom stereocenters. The van der Waals surface area contributed by atoms with Gasteiger partial charge in [0.2, 0.25) is 0 Å². The van der Waals surface area contributed by atoms with Crippen LogP contribution in [0, 0.1) is 0 Å². The number of aryl methyl sites for hydroxylation is 1. The van der Waals surface area contributed by atoms with Crippen LogP contribution in [0.15, 0.2) is 0 Å². The lowest BCUT2D eigenvalue weighted by Crippen LogP contribution is -2.15. The van der Waals surface area contributed by atoms with E-state index >= 15 is 0 Å². The molecule has 0 radical (unpaired) electrons. The van der Waals surface area contributed by atoms with Crippen molar-refractivity contribution in [3.05, 3.63) is 5.82 Å². The zero-order valence-electron chi connectivity index (χ0n) is 6.73. The summed E-state index contributed by atoms with van der Waals surface area (Å²) in [5, 5.41) is 20.0. The van der Waals surface area contributed by atoms with E-state index in [1.807, 2.05) is 6.92 Å². The van der Waals surface area contributed by atoms with Gasteiger partial charge in [-0.25, -0.2) is 4.68 Å². The molecule has 62 valence electrons. The fourth-order valence-corrected chi connectivity index (χ4v) is 0.869. The van der Waals surface area contributed by atoms with Crippen molar-refractivity contribution in [1.82, 2.24) is 20.2 Å². The average Bonchev–Trinajstić information content (AvgIpc) is 2.34. The smallest absolute Gasteiger partial charge is 0.151 e. The van der Waals surface area contributed by atoms with Crippen molar-refractivity contribution in [2.24, 2.45) is 0 Å². The predicted molar refractivity (Wildman–Crippen MR) is 38.9 cm³/mol. The number of aliphatic hydroxyl groups is 1. The first-order valence-electron chi connectivity index (χ1n) is 3.67. The second-order valence-corrected chi connectivity index (χ2v) is 2.48. The van der Waals surface area contributed by atoms with Crippen LogP contribution in [0.1, 0.15) is 19.7 Å². The second kappa shape index (κ2) is 3.43. The Balaban J connectivity index is 2.68. The van der Waals surface area contributed by atoms with Crippen LogP contribution < -0.4 is 0 Å². The van der Waals surface area contributed by atoms with E-state index in [-0.39, 0.29) is 0 Å². The molecule has 0 aromatic carbocycles. The third-order valence-electron chi connectivity index (χ3n) is 1.36. The normalized spacial score (nSPS) is 13.4. The van der Waals surface area contributed by atoms with Crippen LogP contribution in [0.25, 0.3) is 0 Å². The minimum atomic E-state index is -0.399. The van der Waals surface area contributed by atoms with Crippen molar-refractivity contribution in [2.45, 2.75) is 32.9 Å². The Labute approximate surface area is 65.0 Å². The van der Waals surface area contributed by atoms with Crippen LogP contribution in [-0.4, -0.2) is 31.4 Å². The molecule has 1 heterocycles. The monoisotopic (exact) mass is 156 g/mol. The Hall–Kier alpha value is -0.970. The maximum Gasteiger partial charge on any atom is 0.151 e. The fourth-order valence-electron chi connectivity index (χ4n) is 0.869. The highest BCUT2D eigenvalue weighted by molar-refractivity contribution is 4.78. The van der Waals surface area contributed by atoms with Gasteiger partial charge in [-0.15, -0.1) is 5.10 Å². The lowest BCUT2D eigenvalue weighted by molar-refractivity contribution is 0.166. The lowest BCUT2D eigenvalue weighted by Gasteiger charge is -2.03. The molecule has 0 fully saturated rings. The topological polar surface area (TPSA) is 63.8 Å². The summed E-state index contributed by atoms with van der Waals surface area (Å²) < 4.78 is 1.62. The molecular formula is C6H12N4O. The van der Waals surface area contributed by atoms with Crippen LogP contribution in [-0.2, 0) is 13.0 Å². The van der Waals surface area contributed by atoms with Crippen molar-refractivity contribution in [2.75, 3.05) is 0 Å². The molecule has 0 amide bonds. The predicted octanol–water partition coefficient (Wildman–Crippen LogP) is -0.384. The molecule has 0 aliphatic rings. The molecule has 0 aliphatic carbocycles. The Morgan fingerprint density at radius 1 is 1.64 bits per heavy atom. The highest BCUT2D eigenvalue weighted by atomic mass is 16.3. The van der Waals surface area contributed by atoms with Crippen LogP contribution in [0.4, 0.5) is 0 Å². The van der Waals surface area contributed by atoms with Crippen molar-refractivity contribution < 1.29 is 5.11 Å². The van der Waals surface area contributed by atoms with Crippen LogP contribution in [0.2, 0.25) is 0 Å². The van der Waals surface area contributed by atoms with Crippen molar-refractivity contribution in [3.63, 3.8) is 0 Å². The summed E-state index contributed by atoms with van der Waals surface area (Å²) in [5.74, 6) is 0.811. The number of aliphatic hydroxyl groups excluding tert-OH is 1. The van der Waals surface area contributed by atoms with Crippen molar-refractivity contribution in [1.29, 1.82) is 0 Å². The van der Waals surface area contributed by atoms with Gasteiger partial charge in [-0.3, -0.25) is 0 Å². The summed E-state index contributed by atoms with van der Waals surface area (Å²) in [7, 11) is 0. The van der Waals surface area contributed by atoms with E-state index in [2.05, 4.69) is 15.5 Å². The van der Waals surface area contributed by atoms with E-state index in [0.29, 0.717) is 6.54 Å². The molecule has 0 aliphatic heterocycles. The standard InChI is InChI=1S/C6H12N4O/c1-3-6-7-8-9-10(6)4-5(2)11/h5,11H,3-4H2,1-2H3. The first kappa shape index (κ1) is 8.13. The number of hydrogen-bond donors (Lipinski definition) is 1. The summed E-state index contributed by atoms with van der Waals surface area (Å²) >= 11 is 0. The quantitative estimate of drug-likeness (QED) is 0.647. The SMILES string of the molecule is CCc1nnnn1CC(C)O. The van der Waals surface area contributed by atoms with Gasteiger partial charge in [0.05, 0.1) is 12.6 Å². The minimum absolute atomic E-state index is 0.399. The number of aromatic nitrogens is 4. The van der Waals surface area contributed by atoms with E-state index in [1.165, 1.54) is 0 Å². The third-order valence-corrected chi connectivity index (χ3v) is 1.36. The number of tetrazole rings is 1. The molecule has 1 N–H and O–H groups in total. The highest BCUT2D eigenvalue weighted by Gasteiger charge is 2.04. The van der Waals surface area contributed by atoms with Crippen molar-refractivity contribution >= 4 is 0 Å². The average molecular weight is 156 g/mol. The number of rotatable bonds is 3. The Morgan fingerprint density at radius 2 is 2.36 bits per heavy atom. The molecule has 1 aromatic heterocycles. The van der Waals surface area contributed by atoms with Gasteiger partial charge in [0.1, 0.15) is 0 Å². The van der Waals surface area contributed by atoms with Crippen molar-refractivity contribution in [3.8, 4) is 0 Å². The molecule has 0 spiro atoms. The zero-order valence-corrected chi connectivity index (χ0v) is 6.73. The second-order valence-electron chi connectivity index (χ2n) is 2.48. The molecule has 0 saturated heterocycles. The summed E-state index contributed by atoms with van der Waals surface area (Å²) in [6.07, 6.45) is 0.392. The van der Waals surface area contributed by atoms with Gasteiger partial charge >= 0.3 is 0 Å². The molecule has 0 bridgehead atoms. The summed E-state index contributed by atoms with van der Waals surface area (Å²) in [5.41, 5.74) is 0. The Bertz CT molecular complexity index is 220. The summed E-state index contributed by atoms with van der Waals surface area (Å²) in [6, 6.07) is 0. The van der Waals surface area contributed by atoms with Crippen LogP contribution >= 0.6 is 0 Å². The van der Waals surface area contributed by atoms with Gasteiger partial charge in [-0.05, 0) is 17.4 Å². The number of nitrogens with zero attached hydrogens (tertiary/aromatic N) is 4. The summed E-state index contributed by atoms with van der Waals surface area (Å²) in [6.45, 7) is 4.15. The molecule has 11 heavy (non-hydrogen) atoms. The van der Waals surface area contributed by atoms with E-state index in [4.69, 9.17) is 5.11 Å². The maximum absolute atomic E-state index is 9.03. The molecule has 1 aromatic rings. The Kier molecular flexibility index (Phi) is 2.53. The van der Waals surface area contributed by atoms with Gasteiger partial charge in [-0.2, -0.15) is 0 Å². The van der Waals surface area contributed by atoms with E-state index in [0.717, 1.165) is 12.2 Å². The van der Waals surface area contributed by atoms with Crippen LogP contribution in [0.3, 0.4) is 0 Å². The third kappa shape index (κ3) is 1.98. The van der Waals surface area contributed by atoms with Gasteiger partial charge in [0.25, 0.3) is 0 Å². The van der Waals surface area contributed by atoms with E-state index < -0.39 is 6.10 Å². The van der Waals surface area contributed by atoms with Gasteiger partial charge in [0, 0.05) is 6.42 Å². The van der Waals surface area contributed by atoms with Gasteiger partial charge in [0.15, 0.2) is 5.82 Å². The Morgan fingerprint density at radius 3 is 2.91 bits per heavy atom. The molecule has 1 unspecified atom stereocenters. The highest BCUT2D eigenvalue weighted by Crippen LogP contribution is 1.94. The minimum Gasteiger partial charge on any atom is -0.391 e. The van der Waals surface area contributed by atoms with E-state index in [1.54, 1.807) is 11.6 Å². The first-order valence-corrected chi connectivity index (χ1v) is 3.67. The largest absolute Gasteiger partial charge is 0.391 e. The first-order chi connectivity index (χ1) is 5.24. The lowest BCUT2D eigenvalue weighted by atomic mass is 10.4. The number of hydrogen-bond acceptors (Lipinski definition) is 4. The molecule has 1 rings (SSSR count). The maximum atomic E-state index is 9.03. The summed E-state index contributed by atoms with van der Waals surface area (Å²) in [4.78, 5) is 0. The van der Waals surface area contributed by atoms with Gasteiger partial charge < -0.3 is 5.11 Å². The molecule has 5 nitrogen and oxygen atoms in total. The van der Waals surface area contributed by atoms with Crippen LogP contribution in [0.5, 0.6) is 0 Å². The molecule has 0 saturated carbocycles. The van der Waals surface area contributed by atoms with Gasteiger partial charge in [-0.1, -0.05) is 6.92 Å². The molecule has 5 heteroatoms. The zero-order chi connectivity index (χ0) is 8.27. The van der Waals surface area contributed by atoms with E-state index in [9.17, 15) is 0 Å². The fraction of sp³-hybridized carbons (Fsp3) is 0.833.